The molecule has 1 aromatic carbocycles. The molecule has 0 saturated carbocycles. The highest BCUT2D eigenvalue weighted by atomic mass is 16.1. The van der Waals surface area contributed by atoms with Crippen LogP contribution in [0.2, 0.25) is 0 Å². The number of aldehydes is 1. The van der Waals surface area contributed by atoms with E-state index in [-0.39, 0.29) is 5.92 Å². The molecule has 2 N–H and O–H groups in total. The van der Waals surface area contributed by atoms with E-state index < -0.39 is 0 Å². The molecule has 0 saturated heterocycles. The number of aryl methyl sites for hydroxylation is 1. The number of hydrogen-bond acceptors (Lipinski definition) is 2. The largest absolute Gasteiger partial charge is 0.399 e. The molecule has 2 heteroatoms. The molecular weight excluding hydrogens is 162 g/mol. The number of anilines is 1. The lowest BCUT2D eigenvalue weighted by atomic mass is 10.0. The molecule has 0 aromatic heterocycles. The van der Waals surface area contributed by atoms with Crippen molar-refractivity contribution in [3.63, 3.8) is 0 Å². The van der Waals surface area contributed by atoms with Crippen molar-refractivity contribution in [1.82, 2.24) is 0 Å². The summed E-state index contributed by atoms with van der Waals surface area (Å²) in [6.45, 7) is 3.89. The van der Waals surface area contributed by atoms with Gasteiger partial charge in [0.05, 0.1) is 0 Å². The molecule has 0 spiro atoms. The summed E-state index contributed by atoms with van der Waals surface area (Å²) in [5.41, 5.74) is 8.74. The summed E-state index contributed by atoms with van der Waals surface area (Å²) in [7, 11) is 0. The van der Waals surface area contributed by atoms with E-state index in [0.717, 1.165) is 24.0 Å². The molecule has 0 amide bonds. The summed E-state index contributed by atoms with van der Waals surface area (Å²) in [4.78, 5) is 10.4. The smallest absolute Gasteiger partial charge is 0.123 e. The van der Waals surface area contributed by atoms with Crippen LogP contribution in [-0.4, -0.2) is 6.29 Å². The van der Waals surface area contributed by atoms with Gasteiger partial charge in [0.2, 0.25) is 0 Å². The van der Waals surface area contributed by atoms with E-state index in [1.807, 2.05) is 32.0 Å². The molecule has 0 radical (unpaired) electrons. The maximum Gasteiger partial charge on any atom is 0.123 e. The Morgan fingerprint density at radius 3 is 2.77 bits per heavy atom. The van der Waals surface area contributed by atoms with Gasteiger partial charge < -0.3 is 10.5 Å². The first-order valence-corrected chi connectivity index (χ1v) is 4.43. The highest BCUT2D eigenvalue weighted by Crippen LogP contribution is 2.14. The Hall–Kier alpha value is -1.31. The van der Waals surface area contributed by atoms with Crippen LogP contribution in [0.5, 0.6) is 0 Å². The quantitative estimate of drug-likeness (QED) is 0.566. The molecular formula is C11H15NO. The van der Waals surface area contributed by atoms with Crippen molar-refractivity contribution in [3.05, 3.63) is 29.3 Å². The average molecular weight is 177 g/mol. The molecule has 1 rings (SSSR count). The van der Waals surface area contributed by atoms with Gasteiger partial charge in [-0.25, -0.2) is 0 Å². The van der Waals surface area contributed by atoms with E-state index in [2.05, 4.69) is 0 Å². The van der Waals surface area contributed by atoms with Crippen LogP contribution in [0.15, 0.2) is 18.2 Å². The highest BCUT2D eigenvalue weighted by Gasteiger charge is 2.02. The van der Waals surface area contributed by atoms with Crippen LogP contribution in [0.1, 0.15) is 18.1 Å². The van der Waals surface area contributed by atoms with Crippen LogP contribution in [0.4, 0.5) is 5.69 Å². The molecule has 0 fully saturated rings. The molecule has 2 nitrogen and oxygen atoms in total. The van der Waals surface area contributed by atoms with Crippen molar-refractivity contribution in [3.8, 4) is 0 Å². The minimum atomic E-state index is 0.0861. The lowest BCUT2D eigenvalue weighted by molar-refractivity contribution is -0.110. The van der Waals surface area contributed by atoms with Crippen LogP contribution in [-0.2, 0) is 11.2 Å². The van der Waals surface area contributed by atoms with Gasteiger partial charge >= 0.3 is 0 Å². The van der Waals surface area contributed by atoms with Gasteiger partial charge in [-0.3, -0.25) is 0 Å². The number of rotatable bonds is 3. The molecule has 0 bridgehead atoms. The molecule has 0 aliphatic carbocycles. The molecule has 1 atom stereocenters. The van der Waals surface area contributed by atoms with Crippen molar-refractivity contribution >= 4 is 12.0 Å². The molecule has 0 aliphatic rings. The first-order valence-electron chi connectivity index (χ1n) is 4.43. The topological polar surface area (TPSA) is 43.1 Å². The van der Waals surface area contributed by atoms with Crippen LogP contribution < -0.4 is 5.73 Å². The van der Waals surface area contributed by atoms with Gasteiger partial charge in [0, 0.05) is 11.6 Å². The average Bonchev–Trinajstić information content (AvgIpc) is 2.11. The third-order valence-corrected chi connectivity index (χ3v) is 2.12. The zero-order valence-electron chi connectivity index (χ0n) is 8.08. The van der Waals surface area contributed by atoms with E-state index in [1.54, 1.807) is 0 Å². The highest BCUT2D eigenvalue weighted by molar-refractivity contribution is 5.54. The Kier molecular flexibility index (Phi) is 3.07. The first-order chi connectivity index (χ1) is 6.13. The maximum atomic E-state index is 10.4. The van der Waals surface area contributed by atoms with Gasteiger partial charge in [0.1, 0.15) is 6.29 Å². The maximum absolute atomic E-state index is 10.4. The lowest BCUT2D eigenvalue weighted by Gasteiger charge is -2.06. The predicted molar refractivity (Wildman–Crippen MR) is 54.5 cm³/mol. The SMILES string of the molecule is Cc1cc(CC(C)C=O)ccc1N. The number of carbonyl (C=O) groups excluding carboxylic acids is 1. The molecule has 0 aliphatic heterocycles. The second kappa shape index (κ2) is 4.08. The zero-order valence-corrected chi connectivity index (χ0v) is 8.08. The minimum Gasteiger partial charge on any atom is -0.399 e. The Morgan fingerprint density at radius 2 is 2.23 bits per heavy atom. The van der Waals surface area contributed by atoms with Gasteiger partial charge in [-0.2, -0.15) is 0 Å². The van der Waals surface area contributed by atoms with E-state index >= 15 is 0 Å². The van der Waals surface area contributed by atoms with Crippen molar-refractivity contribution in [2.45, 2.75) is 20.3 Å². The molecule has 0 heterocycles. The molecule has 13 heavy (non-hydrogen) atoms. The summed E-state index contributed by atoms with van der Waals surface area (Å²) in [6.07, 6.45) is 1.77. The lowest BCUT2D eigenvalue weighted by Crippen LogP contribution is -2.01. The summed E-state index contributed by atoms with van der Waals surface area (Å²) in [6, 6.07) is 5.90. The summed E-state index contributed by atoms with van der Waals surface area (Å²) >= 11 is 0. The summed E-state index contributed by atoms with van der Waals surface area (Å²) in [5.74, 6) is 0.0861. The van der Waals surface area contributed by atoms with Crippen molar-refractivity contribution in [2.75, 3.05) is 5.73 Å². The van der Waals surface area contributed by atoms with Crippen molar-refractivity contribution in [2.24, 2.45) is 5.92 Å². The molecule has 1 aromatic rings. The third-order valence-electron chi connectivity index (χ3n) is 2.12. The zero-order chi connectivity index (χ0) is 9.84. The van der Waals surface area contributed by atoms with Crippen LogP contribution in [0.25, 0.3) is 0 Å². The number of nitrogens with two attached hydrogens (primary N) is 1. The van der Waals surface area contributed by atoms with Gasteiger partial charge in [0.15, 0.2) is 0 Å². The van der Waals surface area contributed by atoms with Gasteiger partial charge in [0.25, 0.3) is 0 Å². The van der Waals surface area contributed by atoms with Crippen LogP contribution in [0, 0.1) is 12.8 Å². The minimum absolute atomic E-state index is 0.0861. The van der Waals surface area contributed by atoms with E-state index in [1.165, 1.54) is 5.56 Å². The predicted octanol–water partition coefficient (Wildman–Crippen LogP) is 1.95. The van der Waals surface area contributed by atoms with E-state index in [0.29, 0.717) is 0 Å². The first kappa shape index (κ1) is 9.78. The number of hydrogen-bond donors (Lipinski definition) is 1. The fourth-order valence-electron chi connectivity index (χ4n) is 1.28. The van der Waals surface area contributed by atoms with Gasteiger partial charge in [-0.15, -0.1) is 0 Å². The van der Waals surface area contributed by atoms with E-state index in [4.69, 9.17) is 5.73 Å². The van der Waals surface area contributed by atoms with Crippen LogP contribution in [0.3, 0.4) is 0 Å². The summed E-state index contributed by atoms with van der Waals surface area (Å²) < 4.78 is 0. The monoisotopic (exact) mass is 177 g/mol. The fraction of sp³-hybridized carbons (Fsp3) is 0.364. The van der Waals surface area contributed by atoms with Crippen LogP contribution >= 0.6 is 0 Å². The second-order valence-corrected chi connectivity index (χ2v) is 3.51. The Labute approximate surface area is 78.8 Å². The van der Waals surface area contributed by atoms with Crippen molar-refractivity contribution < 1.29 is 4.79 Å². The summed E-state index contributed by atoms with van der Waals surface area (Å²) in [5, 5.41) is 0. The second-order valence-electron chi connectivity index (χ2n) is 3.51. The standard InChI is InChI=1S/C11H15NO/c1-8(7-13)5-10-3-4-11(12)9(2)6-10/h3-4,6-8H,5,12H2,1-2H3. The Balaban J connectivity index is 2.79. The third kappa shape index (κ3) is 2.58. The molecule has 1 unspecified atom stereocenters. The number of nitrogen functional groups attached to an aromatic ring is 1. The Bertz CT molecular complexity index is 307. The normalized spacial score (nSPS) is 12.5. The number of benzene rings is 1. The van der Waals surface area contributed by atoms with Gasteiger partial charge in [-0.05, 0) is 30.5 Å². The van der Waals surface area contributed by atoms with E-state index in [9.17, 15) is 4.79 Å². The van der Waals surface area contributed by atoms with Gasteiger partial charge in [-0.1, -0.05) is 19.1 Å². The molecule has 70 valence electrons. The Morgan fingerprint density at radius 1 is 1.54 bits per heavy atom. The van der Waals surface area contributed by atoms with Crippen molar-refractivity contribution in [1.29, 1.82) is 0 Å². The number of carbonyl (C=O) groups is 1. The fourth-order valence-corrected chi connectivity index (χ4v) is 1.28.